The molecule has 2 heterocycles. The van der Waals surface area contributed by atoms with E-state index in [1.807, 2.05) is 0 Å². The fourth-order valence-electron chi connectivity index (χ4n) is 2.70. The van der Waals surface area contributed by atoms with Crippen molar-refractivity contribution < 1.29 is 9.47 Å². The fourth-order valence-corrected chi connectivity index (χ4v) is 2.70. The van der Waals surface area contributed by atoms with Gasteiger partial charge in [0.25, 0.3) is 0 Å². The number of benzene rings is 1. The van der Waals surface area contributed by atoms with Crippen LogP contribution in [0, 0.1) is 5.92 Å². The van der Waals surface area contributed by atoms with Crippen molar-refractivity contribution in [2.24, 2.45) is 5.92 Å². The Bertz CT molecular complexity index is 399. The molecule has 18 heavy (non-hydrogen) atoms. The van der Waals surface area contributed by atoms with Gasteiger partial charge in [0.2, 0.25) is 0 Å². The highest BCUT2D eigenvalue weighted by molar-refractivity contribution is 5.37. The van der Waals surface area contributed by atoms with Crippen molar-refractivity contribution in [1.82, 2.24) is 5.32 Å². The average Bonchev–Trinajstić information content (AvgIpc) is 2.46. The summed E-state index contributed by atoms with van der Waals surface area (Å²) in [6.07, 6.45) is 3.53. The van der Waals surface area contributed by atoms with Crippen molar-refractivity contribution in [1.29, 1.82) is 0 Å². The molecule has 1 saturated heterocycles. The minimum absolute atomic E-state index is 0.563. The summed E-state index contributed by atoms with van der Waals surface area (Å²) in [6, 6.07) is 6.50. The molecule has 2 aliphatic heterocycles. The van der Waals surface area contributed by atoms with Gasteiger partial charge in [0.15, 0.2) is 0 Å². The zero-order valence-corrected chi connectivity index (χ0v) is 10.8. The second-order valence-electron chi connectivity index (χ2n) is 5.25. The zero-order valence-electron chi connectivity index (χ0n) is 10.8. The van der Waals surface area contributed by atoms with E-state index in [0.29, 0.717) is 5.92 Å². The molecule has 2 aliphatic rings. The van der Waals surface area contributed by atoms with E-state index in [-0.39, 0.29) is 0 Å². The second kappa shape index (κ2) is 5.72. The quantitative estimate of drug-likeness (QED) is 0.887. The first-order chi connectivity index (χ1) is 8.92. The van der Waals surface area contributed by atoms with E-state index in [1.54, 1.807) is 0 Å². The monoisotopic (exact) mass is 247 g/mol. The molecule has 0 spiro atoms. The van der Waals surface area contributed by atoms with Gasteiger partial charge >= 0.3 is 0 Å². The van der Waals surface area contributed by atoms with Crippen LogP contribution in [0.2, 0.25) is 0 Å². The van der Waals surface area contributed by atoms with Crippen molar-refractivity contribution in [2.75, 3.05) is 26.4 Å². The van der Waals surface area contributed by atoms with Crippen LogP contribution in [0.3, 0.4) is 0 Å². The molecule has 3 nitrogen and oxygen atoms in total. The van der Waals surface area contributed by atoms with E-state index in [0.717, 1.165) is 45.1 Å². The highest BCUT2D eigenvalue weighted by Gasteiger charge is 2.15. The number of ether oxygens (including phenoxy) is 2. The topological polar surface area (TPSA) is 30.5 Å². The summed E-state index contributed by atoms with van der Waals surface area (Å²) in [6.45, 7) is 4.62. The predicted molar refractivity (Wildman–Crippen MR) is 70.9 cm³/mol. The Balaban J connectivity index is 1.58. The van der Waals surface area contributed by atoms with Crippen LogP contribution in [0.5, 0.6) is 5.75 Å². The number of hydrogen-bond acceptors (Lipinski definition) is 3. The van der Waals surface area contributed by atoms with E-state index < -0.39 is 0 Å². The molecule has 3 rings (SSSR count). The van der Waals surface area contributed by atoms with Crippen LogP contribution in [0.15, 0.2) is 18.2 Å². The Labute approximate surface area is 108 Å². The molecule has 0 bridgehead atoms. The normalized spacial score (nSPS) is 23.4. The van der Waals surface area contributed by atoms with Gasteiger partial charge in [-0.15, -0.1) is 0 Å². The van der Waals surface area contributed by atoms with Gasteiger partial charge in [-0.2, -0.15) is 0 Å². The van der Waals surface area contributed by atoms with Gasteiger partial charge in [-0.3, -0.25) is 0 Å². The molecule has 0 radical (unpaired) electrons. The van der Waals surface area contributed by atoms with Crippen molar-refractivity contribution in [2.45, 2.75) is 25.8 Å². The molecule has 1 N–H and O–H groups in total. The van der Waals surface area contributed by atoms with Crippen LogP contribution in [0.25, 0.3) is 0 Å². The number of nitrogens with one attached hydrogen (secondary N) is 1. The number of hydrogen-bond donors (Lipinski definition) is 1. The molecule has 0 aromatic heterocycles. The zero-order chi connectivity index (χ0) is 12.2. The van der Waals surface area contributed by atoms with E-state index in [4.69, 9.17) is 9.47 Å². The Morgan fingerprint density at radius 1 is 1.33 bits per heavy atom. The Morgan fingerprint density at radius 2 is 2.33 bits per heavy atom. The molecular weight excluding hydrogens is 226 g/mol. The average molecular weight is 247 g/mol. The molecule has 98 valence electrons. The summed E-state index contributed by atoms with van der Waals surface area (Å²) in [5, 5.41) is 3.40. The van der Waals surface area contributed by atoms with Crippen LogP contribution in [0.1, 0.15) is 24.0 Å². The Kier molecular flexibility index (Phi) is 3.81. The molecule has 1 fully saturated rings. The lowest BCUT2D eigenvalue weighted by molar-refractivity contribution is 0.0352. The van der Waals surface area contributed by atoms with Crippen molar-refractivity contribution in [3.8, 4) is 5.75 Å². The number of fused-ring (bicyclic) bond motifs is 1. The second-order valence-corrected chi connectivity index (χ2v) is 5.25. The van der Waals surface area contributed by atoms with Crippen LogP contribution < -0.4 is 10.1 Å². The van der Waals surface area contributed by atoms with E-state index in [9.17, 15) is 0 Å². The Hall–Kier alpha value is -1.06. The van der Waals surface area contributed by atoms with Gasteiger partial charge in [-0.05, 0) is 49.1 Å². The summed E-state index contributed by atoms with van der Waals surface area (Å²) in [5.41, 5.74) is 2.85. The minimum Gasteiger partial charge on any atom is -0.493 e. The first kappa shape index (κ1) is 12.0. The van der Waals surface area contributed by atoms with Gasteiger partial charge in [-0.25, -0.2) is 0 Å². The van der Waals surface area contributed by atoms with E-state index in [1.165, 1.54) is 24.0 Å². The lowest BCUT2D eigenvalue weighted by Crippen LogP contribution is -2.24. The summed E-state index contributed by atoms with van der Waals surface area (Å²) in [7, 11) is 0. The highest BCUT2D eigenvalue weighted by atomic mass is 16.5. The van der Waals surface area contributed by atoms with Crippen molar-refractivity contribution in [3.63, 3.8) is 0 Å². The van der Waals surface area contributed by atoms with Gasteiger partial charge in [0.1, 0.15) is 5.75 Å². The minimum atomic E-state index is 0.563. The van der Waals surface area contributed by atoms with Crippen LogP contribution in [-0.2, 0) is 17.7 Å². The molecule has 3 heteroatoms. The lowest BCUT2D eigenvalue weighted by atomic mass is 10.0. The highest BCUT2D eigenvalue weighted by Crippen LogP contribution is 2.22. The first-order valence-corrected chi connectivity index (χ1v) is 6.95. The van der Waals surface area contributed by atoms with Gasteiger partial charge in [0.05, 0.1) is 13.2 Å². The van der Waals surface area contributed by atoms with Crippen LogP contribution in [-0.4, -0.2) is 26.4 Å². The van der Waals surface area contributed by atoms with E-state index in [2.05, 4.69) is 23.5 Å². The van der Waals surface area contributed by atoms with Gasteiger partial charge < -0.3 is 14.8 Å². The molecule has 1 aromatic carbocycles. The van der Waals surface area contributed by atoms with Crippen LogP contribution in [0.4, 0.5) is 0 Å². The smallest absolute Gasteiger partial charge is 0.119 e. The predicted octanol–water partition coefficient (Wildman–Crippen LogP) is 2.14. The third-order valence-corrected chi connectivity index (χ3v) is 3.80. The van der Waals surface area contributed by atoms with Gasteiger partial charge in [-0.1, -0.05) is 6.07 Å². The van der Waals surface area contributed by atoms with Crippen molar-refractivity contribution in [3.05, 3.63) is 29.3 Å². The largest absolute Gasteiger partial charge is 0.493 e. The Morgan fingerprint density at radius 3 is 3.22 bits per heavy atom. The summed E-state index contributed by atoms with van der Waals surface area (Å²) in [5.74, 6) is 1.57. The molecule has 1 atom stereocenters. The molecular formula is C15H21NO2. The van der Waals surface area contributed by atoms with Crippen molar-refractivity contribution >= 4 is 0 Å². The molecule has 1 aromatic rings. The molecule has 0 saturated carbocycles. The first-order valence-electron chi connectivity index (χ1n) is 6.95. The molecule has 0 amide bonds. The summed E-state index contributed by atoms with van der Waals surface area (Å²) in [4.78, 5) is 0. The van der Waals surface area contributed by atoms with Crippen LogP contribution >= 0.6 is 0 Å². The maximum atomic E-state index is 5.90. The summed E-state index contributed by atoms with van der Waals surface area (Å²) >= 11 is 0. The third-order valence-electron chi connectivity index (χ3n) is 3.80. The molecule has 0 aliphatic carbocycles. The maximum absolute atomic E-state index is 5.90. The summed E-state index contributed by atoms with van der Waals surface area (Å²) < 4.78 is 11.4. The lowest BCUT2D eigenvalue weighted by Gasteiger charge is -2.23. The fraction of sp³-hybridized carbons (Fsp3) is 0.600. The third kappa shape index (κ3) is 2.85. The molecule has 1 unspecified atom stereocenters. The van der Waals surface area contributed by atoms with Gasteiger partial charge in [0, 0.05) is 19.1 Å². The standard InChI is InChI=1S/C15H21NO2/c1-2-12(10-17-7-1)11-18-15-4-3-13-5-6-16-9-14(13)8-15/h3-4,8,12,16H,1-2,5-7,9-11H2. The SMILES string of the molecule is c1cc2c(cc1OCC1CCCOC1)CNCC2. The van der Waals surface area contributed by atoms with E-state index >= 15 is 0 Å². The number of rotatable bonds is 3. The maximum Gasteiger partial charge on any atom is 0.119 e.